The van der Waals surface area contributed by atoms with Gasteiger partial charge in [-0.3, -0.25) is 4.79 Å². The number of aliphatic hydroxyl groups excluding tert-OH is 1. The van der Waals surface area contributed by atoms with E-state index in [4.69, 9.17) is 11.6 Å². The third-order valence-corrected chi connectivity index (χ3v) is 5.08. The van der Waals surface area contributed by atoms with Crippen LogP contribution >= 0.6 is 11.6 Å². The van der Waals surface area contributed by atoms with Gasteiger partial charge in [0.2, 0.25) is 0 Å². The highest BCUT2D eigenvalue weighted by atomic mass is 35.5. The summed E-state index contributed by atoms with van der Waals surface area (Å²) in [6.07, 6.45) is 3.10. The summed E-state index contributed by atoms with van der Waals surface area (Å²) in [6, 6.07) is 0. The molecule has 84 valence electrons. The van der Waals surface area contributed by atoms with E-state index in [1.165, 1.54) is 0 Å². The molecule has 4 rings (SSSR count). The normalized spacial score (nSPS) is 57.1. The third-order valence-electron chi connectivity index (χ3n) is 4.64. The van der Waals surface area contributed by atoms with E-state index >= 15 is 0 Å². The smallest absolute Gasteiger partial charge is 0.309 e. The summed E-state index contributed by atoms with van der Waals surface area (Å²) < 4.78 is 0. The summed E-state index contributed by atoms with van der Waals surface area (Å²) in [4.78, 5) is 11.0. The number of carboxylic acids is 1. The van der Waals surface area contributed by atoms with E-state index in [0.717, 1.165) is 12.8 Å². The van der Waals surface area contributed by atoms with Gasteiger partial charge in [-0.15, -0.1) is 11.6 Å². The van der Waals surface area contributed by atoms with Crippen LogP contribution in [-0.4, -0.2) is 27.2 Å². The molecule has 15 heavy (non-hydrogen) atoms. The first-order valence-corrected chi connectivity index (χ1v) is 5.92. The Morgan fingerprint density at radius 1 is 1.20 bits per heavy atom. The summed E-state index contributed by atoms with van der Waals surface area (Å²) in [5.41, 5.74) is -0.632. The summed E-state index contributed by atoms with van der Waals surface area (Å²) in [7, 11) is 0. The Morgan fingerprint density at radius 2 is 1.73 bits per heavy atom. The van der Waals surface area contributed by atoms with E-state index in [1.54, 1.807) is 0 Å². The van der Waals surface area contributed by atoms with E-state index < -0.39 is 11.4 Å². The molecule has 2 N–H and O–H groups in total. The standard InChI is InChI=1S/C11H15ClO3/c12-11-3-6-1-10(5-11,9(14)15)2-7(4-11)8(6)13/h6-8,13H,1-5H2,(H,14,15). The molecular formula is C11H15ClO3. The number of aliphatic carboxylic acids is 1. The summed E-state index contributed by atoms with van der Waals surface area (Å²) >= 11 is 6.46. The highest BCUT2D eigenvalue weighted by Crippen LogP contribution is 2.63. The molecule has 0 aliphatic heterocycles. The summed E-state index contributed by atoms with van der Waals surface area (Å²) in [5, 5.41) is 19.3. The number of aliphatic hydroxyl groups is 1. The highest BCUT2D eigenvalue weighted by molar-refractivity contribution is 6.24. The van der Waals surface area contributed by atoms with Crippen LogP contribution < -0.4 is 0 Å². The minimum absolute atomic E-state index is 0.111. The maximum absolute atomic E-state index is 11.4. The van der Waals surface area contributed by atoms with Gasteiger partial charge in [0.15, 0.2) is 0 Å². The molecule has 4 fully saturated rings. The van der Waals surface area contributed by atoms with Crippen molar-refractivity contribution < 1.29 is 15.0 Å². The SMILES string of the molecule is O=C(O)C12CC3CC(Cl)(CC(C1)C3O)C2. The quantitative estimate of drug-likeness (QED) is 0.673. The number of alkyl halides is 1. The van der Waals surface area contributed by atoms with Crippen LogP contribution in [0.5, 0.6) is 0 Å². The van der Waals surface area contributed by atoms with Crippen molar-refractivity contribution in [1.82, 2.24) is 0 Å². The Balaban J connectivity index is 2.01. The largest absolute Gasteiger partial charge is 0.481 e. The number of hydrogen-bond donors (Lipinski definition) is 2. The van der Waals surface area contributed by atoms with Gasteiger partial charge in [0, 0.05) is 4.87 Å². The molecule has 2 unspecified atom stereocenters. The zero-order chi connectivity index (χ0) is 10.8. The van der Waals surface area contributed by atoms with Crippen LogP contribution in [0.15, 0.2) is 0 Å². The van der Waals surface area contributed by atoms with Crippen LogP contribution in [-0.2, 0) is 4.79 Å². The Hall–Kier alpha value is -0.280. The highest BCUT2D eigenvalue weighted by Gasteiger charge is 2.63. The molecule has 4 aliphatic rings. The molecule has 0 radical (unpaired) electrons. The van der Waals surface area contributed by atoms with Gasteiger partial charge in [-0.25, -0.2) is 0 Å². The van der Waals surface area contributed by atoms with E-state index in [0.29, 0.717) is 19.3 Å². The Labute approximate surface area is 93.4 Å². The van der Waals surface area contributed by atoms with Crippen LogP contribution in [0.1, 0.15) is 32.1 Å². The van der Waals surface area contributed by atoms with Crippen LogP contribution in [0.25, 0.3) is 0 Å². The minimum Gasteiger partial charge on any atom is -0.481 e. The summed E-state index contributed by atoms with van der Waals surface area (Å²) in [5.74, 6) is -0.492. The molecule has 4 saturated carbocycles. The fraction of sp³-hybridized carbons (Fsp3) is 0.909. The minimum atomic E-state index is -0.714. The molecule has 0 spiro atoms. The number of halogens is 1. The lowest BCUT2D eigenvalue weighted by atomic mass is 9.48. The number of hydrogen-bond acceptors (Lipinski definition) is 2. The maximum atomic E-state index is 11.4. The predicted molar refractivity (Wildman–Crippen MR) is 54.7 cm³/mol. The molecule has 4 bridgehead atoms. The number of carboxylic acid groups (broad SMARTS) is 1. The second-order valence-electron chi connectivity index (χ2n) is 5.74. The fourth-order valence-electron chi connectivity index (χ4n) is 4.27. The van der Waals surface area contributed by atoms with Crippen LogP contribution in [0.2, 0.25) is 0 Å². The van der Waals surface area contributed by atoms with Gasteiger partial charge in [-0.2, -0.15) is 0 Å². The first kappa shape index (κ1) is 9.91. The van der Waals surface area contributed by atoms with E-state index in [-0.39, 0.29) is 22.8 Å². The lowest BCUT2D eigenvalue weighted by molar-refractivity contribution is -0.175. The first-order valence-electron chi connectivity index (χ1n) is 5.55. The van der Waals surface area contributed by atoms with E-state index in [1.807, 2.05) is 0 Å². The third kappa shape index (κ3) is 1.19. The van der Waals surface area contributed by atoms with Crippen molar-refractivity contribution in [2.75, 3.05) is 0 Å². The Morgan fingerprint density at radius 3 is 2.20 bits per heavy atom. The topological polar surface area (TPSA) is 57.5 Å². The first-order chi connectivity index (χ1) is 6.94. The van der Waals surface area contributed by atoms with Crippen molar-refractivity contribution in [2.45, 2.75) is 43.1 Å². The van der Waals surface area contributed by atoms with Gasteiger partial charge in [-0.05, 0) is 43.9 Å². The van der Waals surface area contributed by atoms with Crippen molar-refractivity contribution >= 4 is 17.6 Å². The van der Waals surface area contributed by atoms with E-state index in [2.05, 4.69) is 0 Å². The zero-order valence-electron chi connectivity index (χ0n) is 8.45. The van der Waals surface area contributed by atoms with Crippen molar-refractivity contribution in [2.24, 2.45) is 17.3 Å². The van der Waals surface area contributed by atoms with Crippen molar-refractivity contribution in [3.05, 3.63) is 0 Å². The van der Waals surface area contributed by atoms with Gasteiger partial charge in [0.25, 0.3) is 0 Å². The molecule has 0 saturated heterocycles. The van der Waals surface area contributed by atoms with Crippen molar-refractivity contribution in [1.29, 1.82) is 0 Å². The summed E-state index contributed by atoms with van der Waals surface area (Å²) in [6.45, 7) is 0. The Bertz CT molecular complexity index is 312. The zero-order valence-corrected chi connectivity index (χ0v) is 9.20. The molecular weight excluding hydrogens is 216 g/mol. The average molecular weight is 231 g/mol. The van der Waals surface area contributed by atoms with Crippen LogP contribution in [0.3, 0.4) is 0 Å². The molecule has 0 aromatic rings. The molecule has 2 atom stereocenters. The predicted octanol–water partition coefficient (Wildman–Crippen LogP) is 1.62. The van der Waals surface area contributed by atoms with Crippen LogP contribution in [0.4, 0.5) is 0 Å². The molecule has 0 heterocycles. The molecule has 0 aromatic carbocycles. The van der Waals surface area contributed by atoms with Gasteiger partial charge >= 0.3 is 5.97 Å². The lowest BCUT2D eigenvalue weighted by Gasteiger charge is -2.60. The maximum Gasteiger partial charge on any atom is 0.309 e. The fourth-order valence-corrected chi connectivity index (χ4v) is 4.92. The molecule has 4 heteroatoms. The van der Waals surface area contributed by atoms with Crippen molar-refractivity contribution in [3.8, 4) is 0 Å². The van der Waals surface area contributed by atoms with Crippen molar-refractivity contribution in [3.63, 3.8) is 0 Å². The number of carbonyl (C=O) groups is 1. The Kier molecular flexibility index (Phi) is 1.78. The second kappa shape index (κ2) is 2.69. The molecule has 4 aliphatic carbocycles. The van der Waals surface area contributed by atoms with Crippen LogP contribution in [0, 0.1) is 17.3 Å². The van der Waals surface area contributed by atoms with Gasteiger partial charge in [0.05, 0.1) is 11.5 Å². The average Bonchev–Trinajstić information content (AvgIpc) is 2.11. The number of rotatable bonds is 1. The second-order valence-corrected chi connectivity index (χ2v) is 6.54. The monoisotopic (exact) mass is 230 g/mol. The lowest BCUT2D eigenvalue weighted by Crippen LogP contribution is -2.61. The molecule has 0 aromatic heterocycles. The molecule has 0 amide bonds. The van der Waals surface area contributed by atoms with E-state index in [9.17, 15) is 15.0 Å². The van der Waals surface area contributed by atoms with Gasteiger partial charge in [0.1, 0.15) is 0 Å². The molecule has 3 nitrogen and oxygen atoms in total. The van der Waals surface area contributed by atoms with Gasteiger partial charge in [-0.1, -0.05) is 0 Å². The van der Waals surface area contributed by atoms with Gasteiger partial charge < -0.3 is 10.2 Å².